The summed E-state index contributed by atoms with van der Waals surface area (Å²) in [5.41, 5.74) is 3.37. The topological polar surface area (TPSA) is 109 Å². The third-order valence-electron chi connectivity index (χ3n) is 6.41. The van der Waals surface area contributed by atoms with Gasteiger partial charge in [0.15, 0.2) is 5.82 Å². The number of amides is 2. The van der Waals surface area contributed by atoms with Gasteiger partial charge in [0, 0.05) is 24.2 Å². The number of nitrogens with zero attached hydrogens (tertiary/aromatic N) is 3. The van der Waals surface area contributed by atoms with Gasteiger partial charge in [0.05, 0.1) is 11.8 Å². The molecule has 1 aliphatic rings. The zero-order chi connectivity index (χ0) is 24.4. The molecule has 0 aliphatic heterocycles. The number of carbonyl (C=O) groups is 2. The van der Waals surface area contributed by atoms with E-state index in [-0.39, 0.29) is 23.9 Å². The zero-order valence-corrected chi connectivity index (χ0v) is 19.6. The minimum absolute atomic E-state index is 0.133. The maximum absolute atomic E-state index is 14.8. The van der Waals surface area contributed by atoms with Crippen molar-refractivity contribution >= 4 is 28.7 Å². The Kier molecular flexibility index (Phi) is 6.92. The van der Waals surface area contributed by atoms with Crippen LogP contribution in [-0.4, -0.2) is 44.1 Å². The third-order valence-corrected chi connectivity index (χ3v) is 6.41. The fourth-order valence-corrected chi connectivity index (χ4v) is 4.62. The van der Waals surface area contributed by atoms with Gasteiger partial charge < -0.3 is 20.3 Å². The molecule has 0 bridgehead atoms. The third kappa shape index (κ3) is 4.94. The average Bonchev–Trinajstić information content (AvgIpc) is 3.25. The lowest BCUT2D eigenvalue weighted by atomic mass is 9.85. The first-order valence-corrected chi connectivity index (χ1v) is 11.6. The van der Waals surface area contributed by atoms with Gasteiger partial charge in [0.25, 0.3) is 0 Å². The highest BCUT2D eigenvalue weighted by Gasteiger charge is 2.28. The number of fused-ring (bicyclic) bond motifs is 1. The van der Waals surface area contributed by atoms with E-state index in [1.807, 2.05) is 31.4 Å². The van der Waals surface area contributed by atoms with Crippen LogP contribution in [0.5, 0.6) is 0 Å². The molecule has 2 aromatic heterocycles. The Morgan fingerprint density at radius 2 is 2.03 bits per heavy atom. The molecule has 34 heavy (non-hydrogen) atoms. The van der Waals surface area contributed by atoms with Gasteiger partial charge in [0.1, 0.15) is 17.9 Å². The Morgan fingerprint density at radius 1 is 1.24 bits per heavy atom. The summed E-state index contributed by atoms with van der Waals surface area (Å²) in [6, 6.07) is 5.14. The predicted molar refractivity (Wildman–Crippen MR) is 128 cm³/mol. The van der Waals surface area contributed by atoms with Crippen LogP contribution >= 0.6 is 0 Å². The van der Waals surface area contributed by atoms with E-state index in [1.54, 1.807) is 18.6 Å². The van der Waals surface area contributed by atoms with Crippen molar-refractivity contribution in [3.63, 3.8) is 0 Å². The molecule has 0 radical (unpaired) electrons. The van der Waals surface area contributed by atoms with E-state index in [9.17, 15) is 14.0 Å². The Hall–Kier alpha value is -3.33. The second kappa shape index (κ2) is 9.89. The quantitative estimate of drug-likeness (QED) is 0.512. The van der Waals surface area contributed by atoms with Crippen LogP contribution in [0, 0.1) is 18.7 Å². The van der Waals surface area contributed by atoms with Crippen molar-refractivity contribution in [3.8, 4) is 11.1 Å². The van der Waals surface area contributed by atoms with Crippen molar-refractivity contribution in [2.24, 2.45) is 5.92 Å². The van der Waals surface area contributed by atoms with Gasteiger partial charge in [-0.1, -0.05) is 6.42 Å². The van der Waals surface area contributed by atoms with E-state index in [1.165, 1.54) is 6.07 Å². The van der Waals surface area contributed by atoms with Crippen molar-refractivity contribution in [1.82, 2.24) is 19.9 Å². The number of aromatic nitrogens is 3. The largest absolute Gasteiger partial charge is 0.387 e. The minimum atomic E-state index is -0.562. The predicted octanol–water partition coefficient (Wildman–Crippen LogP) is 3.73. The van der Waals surface area contributed by atoms with Gasteiger partial charge in [-0.05, 0) is 74.9 Å². The van der Waals surface area contributed by atoms with E-state index in [0.717, 1.165) is 30.4 Å². The van der Waals surface area contributed by atoms with Crippen LogP contribution in [0.3, 0.4) is 0 Å². The summed E-state index contributed by atoms with van der Waals surface area (Å²) in [5, 5.41) is 14.6. The maximum Gasteiger partial charge on any atom is 0.245 e. The number of rotatable bonds is 6. The summed E-state index contributed by atoms with van der Waals surface area (Å²) in [7, 11) is 0. The van der Waals surface area contributed by atoms with Gasteiger partial charge in [0.2, 0.25) is 11.8 Å². The molecule has 9 heteroatoms. The van der Waals surface area contributed by atoms with E-state index < -0.39 is 18.3 Å². The number of aliphatic hydroxyl groups is 1. The van der Waals surface area contributed by atoms with E-state index in [0.29, 0.717) is 28.8 Å². The van der Waals surface area contributed by atoms with Crippen LogP contribution in [-0.2, 0) is 9.59 Å². The molecule has 1 aromatic carbocycles. The van der Waals surface area contributed by atoms with Crippen LogP contribution < -0.4 is 10.6 Å². The summed E-state index contributed by atoms with van der Waals surface area (Å²) < 4.78 is 16.8. The number of aliphatic hydroxyl groups excluding tert-OH is 1. The van der Waals surface area contributed by atoms with E-state index in [2.05, 4.69) is 20.6 Å². The summed E-state index contributed by atoms with van der Waals surface area (Å²) in [6.45, 7) is 5.36. The van der Waals surface area contributed by atoms with Gasteiger partial charge in [-0.3, -0.25) is 9.59 Å². The van der Waals surface area contributed by atoms with Crippen molar-refractivity contribution < 1.29 is 19.1 Å². The maximum atomic E-state index is 14.8. The summed E-state index contributed by atoms with van der Waals surface area (Å²) in [5.74, 6) is -0.862. The summed E-state index contributed by atoms with van der Waals surface area (Å²) in [6.07, 6.45) is 6.13. The first-order chi connectivity index (χ1) is 16.3. The van der Waals surface area contributed by atoms with E-state index in [4.69, 9.17) is 5.11 Å². The molecule has 180 valence electrons. The number of nitrogens with one attached hydrogen (secondary N) is 2. The Balaban J connectivity index is 1.56. The molecular weight excluding hydrogens is 437 g/mol. The molecule has 3 N–H and O–H groups in total. The molecule has 3 aromatic rings. The Bertz CT molecular complexity index is 1220. The number of halogens is 1. The molecule has 0 spiro atoms. The first kappa shape index (κ1) is 23.8. The van der Waals surface area contributed by atoms with Crippen LogP contribution in [0.25, 0.3) is 22.2 Å². The number of hydrogen-bond donors (Lipinski definition) is 3. The van der Waals surface area contributed by atoms with Crippen molar-refractivity contribution in [2.45, 2.75) is 58.5 Å². The van der Waals surface area contributed by atoms with Crippen LogP contribution in [0.4, 0.5) is 10.2 Å². The Morgan fingerprint density at radius 3 is 2.76 bits per heavy atom. The fourth-order valence-electron chi connectivity index (χ4n) is 4.62. The smallest absolute Gasteiger partial charge is 0.245 e. The Labute approximate surface area is 197 Å². The van der Waals surface area contributed by atoms with Gasteiger partial charge in [-0.2, -0.15) is 0 Å². The molecule has 2 amide bonds. The lowest BCUT2D eigenvalue weighted by Crippen LogP contribution is -2.42. The van der Waals surface area contributed by atoms with Crippen molar-refractivity contribution in [1.29, 1.82) is 0 Å². The number of aryl methyl sites for hydroxylation is 1. The number of carbonyl (C=O) groups excluding carboxylic acids is 2. The normalized spacial score (nSPS) is 18.3. The van der Waals surface area contributed by atoms with Gasteiger partial charge in [-0.25, -0.2) is 14.4 Å². The lowest BCUT2D eigenvalue weighted by Gasteiger charge is -2.28. The monoisotopic (exact) mass is 467 g/mol. The van der Waals surface area contributed by atoms with Crippen LogP contribution in [0.1, 0.15) is 51.1 Å². The van der Waals surface area contributed by atoms with Gasteiger partial charge >= 0.3 is 0 Å². The number of pyridine rings is 1. The first-order valence-electron chi connectivity index (χ1n) is 11.6. The highest BCUT2D eigenvalue weighted by Crippen LogP contribution is 2.31. The molecular formula is C25H30FN5O3. The van der Waals surface area contributed by atoms with Crippen LogP contribution in [0.2, 0.25) is 0 Å². The molecule has 2 atom stereocenters. The van der Waals surface area contributed by atoms with Crippen molar-refractivity contribution in [3.05, 3.63) is 42.1 Å². The van der Waals surface area contributed by atoms with Crippen molar-refractivity contribution in [2.75, 3.05) is 11.9 Å². The molecule has 8 nitrogen and oxygen atoms in total. The highest BCUT2D eigenvalue weighted by atomic mass is 19.1. The molecule has 2 unspecified atom stereocenters. The molecule has 4 rings (SSSR count). The number of hydrogen-bond acceptors (Lipinski definition) is 5. The molecule has 1 fully saturated rings. The van der Waals surface area contributed by atoms with Gasteiger partial charge in [-0.15, -0.1) is 0 Å². The highest BCUT2D eigenvalue weighted by molar-refractivity contribution is 5.93. The van der Waals surface area contributed by atoms with Crippen LogP contribution in [0.15, 0.2) is 30.7 Å². The average molecular weight is 468 g/mol. The summed E-state index contributed by atoms with van der Waals surface area (Å²) >= 11 is 0. The number of anilines is 1. The summed E-state index contributed by atoms with van der Waals surface area (Å²) in [4.78, 5) is 33.0. The second-order valence-electron chi connectivity index (χ2n) is 9.23. The lowest BCUT2D eigenvalue weighted by molar-refractivity contribution is -0.126. The molecule has 1 aliphatic carbocycles. The standard InChI is InChI=1S/C25H30FN5O3/c1-14(2)31-13-28-24-20(26)8-17(9-21(24)31)19-10-22(27-11-15(19)3)30-25(34)16-5-4-6-18(7-16)29-23(33)12-32/h8-11,13-14,16,18,32H,4-7,12H2,1-3H3,(H,29,33)(H,27,30,34). The molecule has 0 saturated heterocycles. The fraction of sp³-hybridized carbons (Fsp3) is 0.440. The molecule has 1 saturated carbocycles. The van der Waals surface area contributed by atoms with E-state index >= 15 is 0 Å². The zero-order valence-electron chi connectivity index (χ0n) is 19.6. The number of imidazole rings is 1. The minimum Gasteiger partial charge on any atom is -0.387 e. The second-order valence-corrected chi connectivity index (χ2v) is 9.23. The molecule has 2 heterocycles. The number of benzene rings is 1. The SMILES string of the molecule is Cc1cnc(NC(=O)C2CCCC(NC(=O)CO)C2)cc1-c1cc(F)c2ncn(C(C)C)c2c1.